The Morgan fingerprint density at radius 3 is 2.80 bits per heavy atom. The molecule has 1 N–H and O–H groups in total. The van der Waals surface area contributed by atoms with E-state index < -0.39 is 0 Å². The van der Waals surface area contributed by atoms with E-state index in [0.29, 0.717) is 42.7 Å². The molecule has 0 radical (unpaired) electrons. The molecule has 0 unspecified atom stereocenters. The van der Waals surface area contributed by atoms with Crippen LogP contribution < -0.4 is 10.1 Å². The van der Waals surface area contributed by atoms with Gasteiger partial charge in [-0.3, -0.25) is 4.79 Å². The Balaban J connectivity index is 1.66. The largest absolute Gasteiger partial charge is 0.475 e. The highest BCUT2D eigenvalue weighted by atomic mass is 32.2. The summed E-state index contributed by atoms with van der Waals surface area (Å²) in [7, 11) is 1.61. The maximum absolute atomic E-state index is 13.5. The topological polar surface area (TPSA) is 60.5 Å². The van der Waals surface area contributed by atoms with Gasteiger partial charge in [0.1, 0.15) is 12.4 Å². The lowest BCUT2D eigenvalue weighted by atomic mass is 10.3. The second-order valence-corrected chi connectivity index (χ2v) is 6.29. The highest BCUT2D eigenvalue weighted by Gasteiger charge is 2.05. The molecular formula is C18H21FN2O3S. The summed E-state index contributed by atoms with van der Waals surface area (Å²) in [5.74, 6) is 0.710. The van der Waals surface area contributed by atoms with Crippen molar-refractivity contribution in [1.82, 2.24) is 10.3 Å². The summed E-state index contributed by atoms with van der Waals surface area (Å²) in [6.07, 6.45) is 1.99. The van der Waals surface area contributed by atoms with Crippen molar-refractivity contribution >= 4 is 17.7 Å². The van der Waals surface area contributed by atoms with E-state index in [1.165, 1.54) is 17.8 Å². The van der Waals surface area contributed by atoms with Crippen LogP contribution in [0.15, 0.2) is 47.5 Å². The van der Waals surface area contributed by atoms with Gasteiger partial charge in [0.15, 0.2) is 0 Å². The number of benzene rings is 1. The number of hydrogen-bond donors (Lipinski definition) is 1. The Kier molecular flexibility index (Phi) is 8.21. The van der Waals surface area contributed by atoms with Crippen molar-refractivity contribution in [2.75, 3.05) is 26.1 Å². The third kappa shape index (κ3) is 7.11. The average Bonchev–Trinajstić information content (AvgIpc) is 2.63. The van der Waals surface area contributed by atoms with E-state index in [4.69, 9.17) is 9.47 Å². The molecule has 2 aromatic rings. The first-order chi connectivity index (χ1) is 12.2. The van der Waals surface area contributed by atoms with Crippen LogP contribution in [0.3, 0.4) is 0 Å². The van der Waals surface area contributed by atoms with E-state index in [2.05, 4.69) is 10.3 Å². The van der Waals surface area contributed by atoms with Gasteiger partial charge in [0.05, 0.1) is 6.61 Å². The first-order valence-corrected chi connectivity index (χ1v) is 8.88. The van der Waals surface area contributed by atoms with Crippen molar-refractivity contribution in [2.24, 2.45) is 0 Å². The standard InChI is InChI=1S/C18H21FN2O3S/c1-23-9-10-24-18-7-6-14(13-21-18)12-20-17(22)8-11-25-16-5-3-2-4-15(16)19/h2-7,13H,8-12H2,1H3,(H,20,22). The average molecular weight is 364 g/mol. The second-order valence-electron chi connectivity index (χ2n) is 5.15. The predicted octanol–water partition coefficient (Wildman–Crippen LogP) is 3.04. The zero-order valence-corrected chi connectivity index (χ0v) is 14.9. The minimum absolute atomic E-state index is 0.0794. The number of pyridine rings is 1. The van der Waals surface area contributed by atoms with Gasteiger partial charge in [-0.05, 0) is 17.7 Å². The molecule has 1 heterocycles. The Morgan fingerprint density at radius 1 is 1.24 bits per heavy atom. The smallest absolute Gasteiger partial charge is 0.221 e. The number of hydrogen-bond acceptors (Lipinski definition) is 5. The van der Waals surface area contributed by atoms with Crippen LogP contribution in [0.4, 0.5) is 4.39 Å². The molecule has 0 aliphatic heterocycles. The molecule has 0 bridgehead atoms. The third-order valence-electron chi connectivity index (χ3n) is 3.25. The summed E-state index contributed by atoms with van der Waals surface area (Å²) in [6, 6.07) is 10.2. The Labute approximate surface area is 150 Å². The number of rotatable bonds is 10. The van der Waals surface area contributed by atoms with Crippen LogP contribution in [-0.4, -0.2) is 37.0 Å². The quantitative estimate of drug-likeness (QED) is 0.519. The predicted molar refractivity (Wildman–Crippen MR) is 95.2 cm³/mol. The van der Waals surface area contributed by atoms with Gasteiger partial charge in [0.25, 0.3) is 0 Å². The Morgan fingerprint density at radius 2 is 2.08 bits per heavy atom. The van der Waals surface area contributed by atoms with Crippen molar-refractivity contribution in [3.05, 3.63) is 54.0 Å². The first kappa shape index (κ1) is 19.2. The number of methoxy groups -OCH3 is 1. The molecular weight excluding hydrogens is 343 g/mol. The number of nitrogens with one attached hydrogen (secondary N) is 1. The molecule has 0 atom stereocenters. The van der Waals surface area contributed by atoms with Crippen LogP contribution in [0.5, 0.6) is 5.88 Å². The van der Waals surface area contributed by atoms with Gasteiger partial charge in [-0.15, -0.1) is 11.8 Å². The summed E-state index contributed by atoms with van der Waals surface area (Å²) in [5, 5.41) is 2.82. The van der Waals surface area contributed by atoms with E-state index >= 15 is 0 Å². The SMILES string of the molecule is COCCOc1ccc(CNC(=O)CCSc2ccccc2F)cn1. The van der Waals surface area contributed by atoms with Gasteiger partial charge >= 0.3 is 0 Å². The van der Waals surface area contributed by atoms with Gasteiger partial charge in [-0.25, -0.2) is 9.37 Å². The normalized spacial score (nSPS) is 10.5. The van der Waals surface area contributed by atoms with Crippen molar-refractivity contribution in [3.63, 3.8) is 0 Å². The van der Waals surface area contributed by atoms with Crippen molar-refractivity contribution in [3.8, 4) is 5.88 Å². The molecule has 0 saturated carbocycles. The molecule has 25 heavy (non-hydrogen) atoms. The monoisotopic (exact) mass is 364 g/mol. The molecule has 134 valence electrons. The summed E-state index contributed by atoms with van der Waals surface area (Å²) < 4.78 is 23.7. The molecule has 1 aromatic carbocycles. The molecule has 1 amide bonds. The summed E-state index contributed by atoms with van der Waals surface area (Å²) >= 11 is 1.33. The molecule has 5 nitrogen and oxygen atoms in total. The lowest BCUT2D eigenvalue weighted by Gasteiger charge is -2.07. The van der Waals surface area contributed by atoms with Crippen LogP contribution in [0.1, 0.15) is 12.0 Å². The van der Waals surface area contributed by atoms with Gasteiger partial charge in [-0.2, -0.15) is 0 Å². The Hall–Kier alpha value is -2.12. The fourth-order valence-corrected chi connectivity index (χ4v) is 2.82. The van der Waals surface area contributed by atoms with E-state index in [1.807, 2.05) is 6.07 Å². The van der Waals surface area contributed by atoms with E-state index in [1.54, 1.807) is 37.6 Å². The minimum Gasteiger partial charge on any atom is -0.475 e. The highest BCUT2D eigenvalue weighted by molar-refractivity contribution is 7.99. The summed E-state index contributed by atoms with van der Waals surface area (Å²) in [6.45, 7) is 1.35. The van der Waals surface area contributed by atoms with Gasteiger partial charge < -0.3 is 14.8 Å². The van der Waals surface area contributed by atoms with Gasteiger partial charge in [0, 0.05) is 43.0 Å². The van der Waals surface area contributed by atoms with Gasteiger partial charge in [-0.1, -0.05) is 18.2 Å². The van der Waals surface area contributed by atoms with Gasteiger partial charge in [0.2, 0.25) is 11.8 Å². The molecule has 0 aliphatic rings. The zero-order chi connectivity index (χ0) is 17.9. The van der Waals surface area contributed by atoms with E-state index in [9.17, 15) is 9.18 Å². The number of carbonyl (C=O) groups excluding carboxylic acids is 1. The molecule has 2 rings (SSSR count). The lowest BCUT2D eigenvalue weighted by Crippen LogP contribution is -2.23. The van der Waals surface area contributed by atoms with Crippen molar-refractivity contribution in [1.29, 1.82) is 0 Å². The maximum Gasteiger partial charge on any atom is 0.221 e. The van der Waals surface area contributed by atoms with E-state index in [-0.39, 0.29) is 11.7 Å². The molecule has 0 aliphatic carbocycles. The molecule has 0 fully saturated rings. The summed E-state index contributed by atoms with van der Waals surface area (Å²) in [4.78, 5) is 16.6. The molecule has 1 aromatic heterocycles. The first-order valence-electron chi connectivity index (χ1n) is 7.89. The van der Waals surface area contributed by atoms with Crippen molar-refractivity contribution < 1.29 is 18.7 Å². The number of ether oxygens (including phenoxy) is 2. The maximum atomic E-state index is 13.5. The van der Waals surface area contributed by atoms with Crippen LogP contribution in [-0.2, 0) is 16.1 Å². The lowest BCUT2D eigenvalue weighted by molar-refractivity contribution is -0.120. The van der Waals surface area contributed by atoms with Crippen LogP contribution in [0.25, 0.3) is 0 Å². The van der Waals surface area contributed by atoms with E-state index in [0.717, 1.165) is 5.56 Å². The van der Waals surface area contributed by atoms with Crippen LogP contribution >= 0.6 is 11.8 Å². The molecule has 7 heteroatoms. The number of amides is 1. The van der Waals surface area contributed by atoms with Crippen molar-refractivity contribution in [2.45, 2.75) is 17.9 Å². The zero-order valence-electron chi connectivity index (χ0n) is 14.0. The fourth-order valence-electron chi connectivity index (χ4n) is 1.93. The summed E-state index contributed by atoms with van der Waals surface area (Å²) in [5.41, 5.74) is 0.884. The van der Waals surface area contributed by atoms with Crippen LogP contribution in [0, 0.1) is 5.82 Å². The number of thioether (sulfide) groups is 1. The highest BCUT2D eigenvalue weighted by Crippen LogP contribution is 2.21. The number of halogens is 1. The second kappa shape index (κ2) is 10.7. The number of carbonyl (C=O) groups is 1. The number of nitrogens with zero attached hydrogens (tertiary/aromatic N) is 1. The molecule has 0 spiro atoms. The number of aromatic nitrogens is 1. The third-order valence-corrected chi connectivity index (χ3v) is 4.30. The fraction of sp³-hybridized carbons (Fsp3) is 0.333. The van der Waals surface area contributed by atoms with Crippen LogP contribution in [0.2, 0.25) is 0 Å². The minimum atomic E-state index is -0.258. The Bertz CT molecular complexity index is 668. The molecule has 0 saturated heterocycles.